The highest BCUT2D eigenvalue weighted by atomic mass is 16.2. The molecule has 4 aliphatic rings. The number of nitrogens with zero attached hydrogens (tertiary/aromatic N) is 1. The lowest BCUT2D eigenvalue weighted by molar-refractivity contribution is -0.164. The fourth-order valence-electron chi connectivity index (χ4n) is 8.16. The average Bonchev–Trinajstić information content (AvgIpc) is 2.97. The van der Waals surface area contributed by atoms with Crippen molar-refractivity contribution in [2.75, 3.05) is 13.6 Å². The van der Waals surface area contributed by atoms with E-state index >= 15 is 0 Å². The first-order valence-electron chi connectivity index (χ1n) is 11.8. The standard InChI is InChI=1S/C24H42N2O/c1-6-7-12-25-17-14-19-22-16(2)13-20-24(4,11-9-21(27)26(20)5)18(22)8-10-23(19,3)15-17/h16-20,22,25H,6-15H2,1-5H3/t16?,17-,18?,19?,20?,22?,23+,24+/m0/s1. The Morgan fingerprint density at radius 3 is 2.70 bits per heavy atom. The molecule has 3 heteroatoms. The Labute approximate surface area is 167 Å². The van der Waals surface area contributed by atoms with Crippen LogP contribution in [0.25, 0.3) is 0 Å². The van der Waals surface area contributed by atoms with Crippen molar-refractivity contribution in [3.63, 3.8) is 0 Å². The van der Waals surface area contributed by atoms with Gasteiger partial charge in [0.25, 0.3) is 0 Å². The highest BCUT2D eigenvalue weighted by Gasteiger charge is 2.61. The van der Waals surface area contributed by atoms with Crippen LogP contribution in [0.5, 0.6) is 0 Å². The van der Waals surface area contributed by atoms with Crippen molar-refractivity contribution in [3.05, 3.63) is 0 Å². The number of carbonyl (C=O) groups excluding carboxylic acids is 1. The van der Waals surface area contributed by atoms with Crippen LogP contribution in [-0.4, -0.2) is 36.5 Å². The summed E-state index contributed by atoms with van der Waals surface area (Å²) >= 11 is 0. The molecule has 0 aromatic rings. The zero-order chi connectivity index (χ0) is 19.4. The molecule has 0 aromatic carbocycles. The smallest absolute Gasteiger partial charge is 0.222 e. The van der Waals surface area contributed by atoms with E-state index in [0.29, 0.717) is 22.8 Å². The van der Waals surface area contributed by atoms with Crippen molar-refractivity contribution < 1.29 is 4.79 Å². The maximum atomic E-state index is 12.4. The van der Waals surface area contributed by atoms with Crippen molar-refractivity contribution in [1.82, 2.24) is 10.2 Å². The Balaban J connectivity index is 1.56. The van der Waals surface area contributed by atoms with Gasteiger partial charge >= 0.3 is 0 Å². The number of hydrogen-bond donors (Lipinski definition) is 1. The van der Waals surface area contributed by atoms with E-state index in [2.05, 4.69) is 45.0 Å². The highest BCUT2D eigenvalue weighted by molar-refractivity contribution is 5.77. The SMILES string of the molecule is CCCCN[C@H]1CC2C3C(C)CC4N(C)C(=O)CC[C@]4(C)C3CC[C@]2(C)C1. The van der Waals surface area contributed by atoms with E-state index < -0.39 is 0 Å². The first-order chi connectivity index (χ1) is 12.8. The second-order valence-electron chi connectivity index (χ2n) is 11.2. The summed E-state index contributed by atoms with van der Waals surface area (Å²) in [7, 11) is 2.08. The first kappa shape index (κ1) is 19.7. The lowest BCUT2D eigenvalue weighted by atomic mass is 9.45. The molecule has 27 heavy (non-hydrogen) atoms. The topological polar surface area (TPSA) is 32.3 Å². The summed E-state index contributed by atoms with van der Waals surface area (Å²) in [6, 6.07) is 1.21. The molecule has 3 nitrogen and oxygen atoms in total. The molecule has 0 radical (unpaired) electrons. The normalized spacial score (nSPS) is 49.5. The fraction of sp³-hybridized carbons (Fsp3) is 0.958. The van der Waals surface area contributed by atoms with Crippen molar-refractivity contribution >= 4 is 5.91 Å². The molecule has 4 fully saturated rings. The number of carbonyl (C=O) groups is 1. The minimum atomic E-state index is 0.342. The van der Waals surface area contributed by atoms with Gasteiger partial charge in [0.15, 0.2) is 0 Å². The molecule has 154 valence electrons. The molecule has 1 amide bonds. The summed E-state index contributed by atoms with van der Waals surface area (Å²) in [6.45, 7) is 11.1. The van der Waals surface area contributed by atoms with Gasteiger partial charge in [0.2, 0.25) is 5.91 Å². The number of unbranched alkanes of at least 4 members (excludes halogenated alkanes) is 1. The lowest BCUT2D eigenvalue weighted by Gasteiger charge is -2.63. The van der Waals surface area contributed by atoms with Gasteiger partial charge in [-0.3, -0.25) is 4.79 Å². The van der Waals surface area contributed by atoms with Crippen LogP contribution in [0.2, 0.25) is 0 Å². The molecule has 1 heterocycles. The average molecular weight is 375 g/mol. The Bertz CT molecular complexity index is 577. The van der Waals surface area contributed by atoms with Crippen LogP contribution in [0.1, 0.15) is 85.5 Å². The van der Waals surface area contributed by atoms with Crippen LogP contribution in [0.3, 0.4) is 0 Å². The van der Waals surface area contributed by atoms with Gasteiger partial charge in [0, 0.05) is 25.6 Å². The molecule has 0 aromatic heterocycles. The van der Waals surface area contributed by atoms with Gasteiger partial charge in [-0.05, 0) is 86.0 Å². The first-order valence-corrected chi connectivity index (χ1v) is 11.8. The number of fused-ring (bicyclic) bond motifs is 5. The van der Waals surface area contributed by atoms with E-state index in [-0.39, 0.29) is 0 Å². The van der Waals surface area contributed by atoms with E-state index in [0.717, 1.165) is 42.6 Å². The number of hydrogen-bond acceptors (Lipinski definition) is 2. The van der Waals surface area contributed by atoms with Crippen molar-refractivity contribution in [1.29, 1.82) is 0 Å². The van der Waals surface area contributed by atoms with Crippen LogP contribution in [0.15, 0.2) is 0 Å². The fourth-order valence-corrected chi connectivity index (χ4v) is 8.16. The van der Waals surface area contributed by atoms with Gasteiger partial charge in [-0.15, -0.1) is 0 Å². The maximum Gasteiger partial charge on any atom is 0.222 e. The van der Waals surface area contributed by atoms with Crippen molar-refractivity contribution in [2.45, 2.75) is 97.6 Å². The molecule has 1 saturated heterocycles. The maximum absolute atomic E-state index is 12.4. The third-order valence-corrected chi connectivity index (χ3v) is 9.66. The number of rotatable bonds is 4. The highest BCUT2D eigenvalue weighted by Crippen LogP contribution is 2.65. The predicted octanol–water partition coefficient (Wildman–Crippen LogP) is 4.85. The summed E-state index contributed by atoms with van der Waals surface area (Å²) in [5.41, 5.74) is 0.883. The van der Waals surface area contributed by atoms with Crippen molar-refractivity contribution in [3.8, 4) is 0 Å². The van der Waals surface area contributed by atoms with Crippen LogP contribution in [-0.2, 0) is 4.79 Å². The molecule has 3 aliphatic carbocycles. The zero-order valence-electron chi connectivity index (χ0n) is 18.4. The van der Waals surface area contributed by atoms with Crippen molar-refractivity contribution in [2.24, 2.45) is 34.5 Å². The van der Waals surface area contributed by atoms with Gasteiger partial charge in [0.05, 0.1) is 0 Å². The minimum absolute atomic E-state index is 0.342. The monoisotopic (exact) mass is 374 g/mol. The third-order valence-electron chi connectivity index (χ3n) is 9.66. The largest absolute Gasteiger partial charge is 0.342 e. The van der Waals surface area contributed by atoms with Gasteiger partial charge in [0.1, 0.15) is 0 Å². The summed E-state index contributed by atoms with van der Waals surface area (Å²) in [6.07, 6.45) is 11.3. The Kier molecular flexibility index (Phi) is 5.15. The molecule has 8 atom stereocenters. The van der Waals surface area contributed by atoms with E-state index in [4.69, 9.17) is 0 Å². The van der Waals surface area contributed by atoms with Crippen LogP contribution < -0.4 is 5.32 Å². The van der Waals surface area contributed by atoms with Gasteiger partial charge in [-0.2, -0.15) is 0 Å². The van der Waals surface area contributed by atoms with E-state index in [1.165, 1.54) is 51.5 Å². The Morgan fingerprint density at radius 1 is 1.19 bits per heavy atom. The van der Waals surface area contributed by atoms with E-state index in [9.17, 15) is 4.79 Å². The molecule has 0 bridgehead atoms. The van der Waals surface area contributed by atoms with Gasteiger partial charge in [-0.25, -0.2) is 0 Å². The van der Waals surface area contributed by atoms with Gasteiger partial charge in [-0.1, -0.05) is 34.1 Å². The van der Waals surface area contributed by atoms with E-state index in [1.54, 1.807) is 0 Å². The third kappa shape index (κ3) is 3.07. The summed E-state index contributed by atoms with van der Waals surface area (Å²) < 4.78 is 0. The zero-order valence-corrected chi connectivity index (χ0v) is 18.4. The second-order valence-corrected chi connectivity index (χ2v) is 11.2. The second kappa shape index (κ2) is 7.04. The number of likely N-dealkylation sites (tertiary alicyclic amines) is 1. The molecule has 3 saturated carbocycles. The van der Waals surface area contributed by atoms with Crippen LogP contribution in [0, 0.1) is 34.5 Å². The van der Waals surface area contributed by atoms with Crippen LogP contribution in [0.4, 0.5) is 0 Å². The Hall–Kier alpha value is -0.570. The molecule has 1 aliphatic heterocycles. The number of nitrogens with one attached hydrogen (secondary N) is 1. The predicted molar refractivity (Wildman–Crippen MR) is 111 cm³/mol. The molecule has 5 unspecified atom stereocenters. The molecular weight excluding hydrogens is 332 g/mol. The Morgan fingerprint density at radius 2 is 1.96 bits per heavy atom. The van der Waals surface area contributed by atoms with Gasteiger partial charge < -0.3 is 10.2 Å². The van der Waals surface area contributed by atoms with Crippen LogP contribution >= 0.6 is 0 Å². The summed E-state index contributed by atoms with van der Waals surface area (Å²) in [5, 5.41) is 3.90. The lowest BCUT2D eigenvalue weighted by Crippen LogP contribution is -2.62. The summed E-state index contributed by atoms with van der Waals surface area (Å²) in [5.74, 6) is 3.69. The summed E-state index contributed by atoms with van der Waals surface area (Å²) in [4.78, 5) is 14.5. The molecular formula is C24H42N2O. The molecule has 1 N–H and O–H groups in total. The quantitative estimate of drug-likeness (QED) is 0.713. The minimum Gasteiger partial charge on any atom is -0.342 e. The molecule has 4 rings (SSSR count). The number of amides is 1. The van der Waals surface area contributed by atoms with E-state index in [1.807, 2.05) is 0 Å². The number of piperidine rings is 1. The molecule has 0 spiro atoms.